The lowest BCUT2D eigenvalue weighted by molar-refractivity contribution is -0.220. The van der Waals surface area contributed by atoms with Gasteiger partial charge in [0, 0.05) is 0 Å². The zero-order valence-electron chi connectivity index (χ0n) is 16.8. The van der Waals surface area contributed by atoms with E-state index in [0.29, 0.717) is 11.8 Å². The number of rotatable bonds is 5. The smallest absolute Gasteiger partial charge is 0.0742 e. The highest BCUT2D eigenvalue weighted by Crippen LogP contribution is 2.47. The van der Waals surface area contributed by atoms with Crippen molar-refractivity contribution in [1.29, 1.82) is 0 Å². The van der Waals surface area contributed by atoms with Gasteiger partial charge in [-0.1, -0.05) is 66.2 Å². The van der Waals surface area contributed by atoms with Crippen molar-refractivity contribution in [2.24, 2.45) is 11.8 Å². The largest absolute Gasteiger partial charge is 0.394 e. The second-order valence-electron chi connectivity index (χ2n) is 8.69. The molecule has 3 heteroatoms. The summed E-state index contributed by atoms with van der Waals surface area (Å²) in [5.41, 5.74) is 0.361. The average Bonchev–Trinajstić information content (AvgIpc) is 2.56. The summed E-state index contributed by atoms with van der Waals surface area (Å²) < 4.78 is 7.03. The van der Waals surface area contributed by atoms with Crippen LogP contribution in [0.25, 0.3) is 0 Å². The minimum Gasteiger partial charge on any atom is -0.394 e. The molecule has 0 heterocycles. The molecule has 0 aliphatic heterocycles. The Bertz CT molecular complexity index is 296. The lowest BCUT2D eigenvalue weighted by atomic mass is 9.72. The zero-order valence-corrected chi connectivity index (χ0v) is 16.8. The number of aliphatic hydroxyl groups is 2. The standard InChI is InChI=1S/C18H34O.C3H8O2/c1-15(2)17(11-7-5-8-12-17)19-18(16(3)4)13-9-6-10-14-18;1-3(5)2-4/h15-16H,5-14H2,1-4H3;3-5H,2H2,1H3. The van der Waals surface area contributed by atoms with E-state index < -0.39 is 6.10 Å². The van der Waals surface area contributed by atoms with Crippen LogP contribution in [0.1, 0.15) is 98.8 Å². The Balaban J connectivity index is 0.000000505. The monoisotopic (exact) mass is 342 g/mol. The maximum atomic E-state index is 8.11. The second kappa shape index (κ2) is 10.1. The van der Waals surface area contributed by atoms with E-state index in [1.54, 1.807) is 0 Å². The number of hydrogen-bond donors (Lipinski definition) is 2. The summed E-state index contributed by atoms with van der Waals surface area (Å²) >= 11 is 0. The number of ether oxygens (including phenoxy) is 1. The van der Waals surface area contributed by atoms with Gasteiger partial charge < -0.3 is 14.9 Å². The van der Waals surface area contributed by atoms with Gasteiger partial charge in [-0.2, -0.15) is 0 Å². The van der Waals surface area contributed by atoms with Crippen LogP contribution in [0, 0.1) is 11.8 Å². The molecule has 2 N–H and O–H groups in total. The van der Waals surface area contributed by atoms with E-state index in [0.717, 1.165) is 0 Å². The molecule has 2 fully saturated rings. The molecule has 0 aromatic heterocycles. The molecule has 0 amide bonds. The van der Waals surface area contributed by atoms with Crippen LogP contribution in [0.15, 0.2) is 0 Å². The van der Waals surface area contributed by atoms with Gasteiger partial charge in [-0.3, -0.25) is 0 Å². The Labute approximate surface area is 150 Å². The van der Waals surface area contributed by atoms with Crippen molar-refractivity contribution in [3.8, 4) is 0 Å². The molecule has 3 nitrogen and oxygen atoms in total. The third-order valence-electron chi connectivity index (χ3n) is 6.17. The molecule has 2 rings (SSSR count). The normalized spacial score (nSPS) is 24.4. The Morgan fingerprint density at radius 2 is 1.00 bits per heavy atom. The maximum Gasteiger partial charge on any atom is 0.0742 e. The fourth-order valence-electron chi connectivity index (χ4n) is 4.30. The van der Waals surface area contributed by atoms with Gasteiger partial charge in [0.05, 0.1) is 23.9 Å². The van der Waals surface area contributed by atoms with Crippen LogP contribution in [0.4, 0.5) is 0 Å². The Kier molecular flexibility index (Phi) is 9.25. The predicted octanol–water partition coefficient (Wildman–Crippen LogP) is 5.08. The van der Waals surface area contributed by atoms with Gasteiger partial charge in [-0.15, -0.1) is 0 Å². The summed E-state index contributed by atoms with van der Waals surface area (Å²) in [6, 6.07) is 0. The van der Waals surface area contributed by atoms with E-state index in [1.165, 1.54) is 71.1 Å². The van der Waals surface area contributed by atoms with E-state index in [1.807, 2.05) is 0 Å². The Morgan fingerprint density at radius 3 is 1.21 bits per heavy atom. The van der Waals surface area contributed by atoms with Crippen LogP contribution in [0.3, 0.4) is 0 Å². The quantitative estimate of drug-likeness (QED) is 0.732. The second-order valence-corrected chi connectivity index (χ2v) is 8.69. The third-order valence-corrected chi connectivity index (χ3v) is 6.17. The highest BCUT2D eigenvalue weighted by molar-refractivity contribution is 4.95. The lowest BCUT2D eigenvalue weighted by Gasteiger charge is -2.51. The van der Waals surface area contributed by atoms with Gasteiger partial charge in [-0.25, -0.2) is 0 Å². The molecule has 0 spiro atoms. The first-order chi connectivity index (χ1) is 11.3. The van der Waals surface area contributed by atoms with Gasteiger partial charge in [0.1, 0.15) is 0 Å². The minimum atomic E-state index is -0.560. The van der Waals surface area contributed by atoms with Gasteiger partial charge in [0.15, 0.2) is 0 Å². The van der Waals surface area contributed by atoms with Gasteiger partial charge in [0.25, 0.3) is 0 Å². The highest BCUT2D eigenvalue weighted by Gasteiger charge is 2.46. The SMILES string of the molecule is CC(C)C1(OC2(C(C)C)CCCCC2)CCCCC1.CC(O)CO. The van der Waals surface area contributed by atoms with Crippen LogP contribution in [-0.2, 0) is 4.74 Å². The fraction of sp³-hybridized carbons (Fsp3) is 1.00. The zero-order chi connectivity index (χ0) is 18.2. The number of hydrogen-bond acceptors (Lipinski definition) is 3. The molecule has 0 aromatic rings. The molecule has 0 aromatic carbocycles. The molecule has 2 aliphatic carbocycles. The average molecular weight is 343 g/mol. The summed E-state index contributed by atoms with van der Waals surface area (Å²) in [5, 5.41) is 16.0. The summed E-state index contributed by atoms with van der Waals surface area (Å²) in [6.45, 7) is 10.9. The maximum absolute atomic E-state index is 8.11. The van der Waals surface area contributed by atoms with Crippen LogP contribution < -0.4 is 0 Å². The van der Waals surface area contributed by atoms with Gasteiger partial charge in [-0.05, 0) is 44.4 Å². The van der Waals surface area contributed by atoms with Crippen LogP contribution >= 0.6 is 0 Å². The van der Waals surface area contributed by atoms with Crippen molar-refractivity contribution in [3.05, 3.63) is 0 Å². The summed E-state index contributed by atoms with van der Waals surface area (Å²) in [5.74, 6) is 1.32. The van der Waals surface area contributed by atoms with Crippen molar-refractivity contribution in [3.63, 3.8) is 0 Å². The van der Waals surface area contributed by atoms with Crippen molar-refractivity contribution in [2.45, 2.75) is 116 Å². The van der Waals surface area contributed by atoms with E-state index in [4.69, 9.17) is 14.9 Å². The molecular formula is C21H42O3. The first-order valence-electron chi connectivity index (χ1n) is 10.3. The van der Waals surface area contributed by atoms with E-state index in [9.17, 15) is 0 Å². The third kappa shape index (κ3) is 6.00. The first kappa shape index (κ1) is 21.9. The molecular weight excluding hydrogens is 300 g/mol. The van der Waals surface area contributed by atoms with Gasteiger partial charge >= 0.3 is 0 Å². The molecule has 2 aliphatic rings. The van der Waals surface area contributed by atoms with Crippen molar-refractivity contribution < 1.29 is 14.9 Å². The molecule has 144 valence electrons. The molecule has 2 saturated carbocycles. The van der Waals surface area contributed by atoms with Crippen molar-refractivity contribution >= 4 is 0 Å². The molecule has 24 heavy (non-hydrogen) atoms. The number of aliphatic hydroxyl groups excluding tert-OH is 2. The Morgan fingerprint density at radius 1 is 0.708 bits per heavy atom. The van der Waals surface area contributed by atoms with E-state index in [-0.39, 0.29) is 17.8 Å². The molecule has 1 atom stereocenters. The summed E-state index contributed by atoms with van der Waals surface area (Å²) in [6.07, 6.45) is 12.9. The van der Waals surface area contributed by atoms with Crippen molar-refractivity contribution in [2.75, 3.05) is 6.61 Å². The summed E-state index contributed by atoms with van der Waals surface area (Å²) in [7, 11) is 0. The molecule has 0 radical (unpaired) electrons. The fourth-order valence-corrected chi connectivity index (χ4v) is 4.30. The molecule has 1 unspecified atom stereocenters. The first-order valence-corrected chi connectivity index (χ1v) is 10.3. The van der Waals surface area contributed by atoms with Crippen molar-refractivity contribution in [1.82, 2.24) is 0 Å². The topological polar surface area (TPSA) is 49.7 Å². The predicted molar refractivity (Wildman–Crippen MR) is 101 cm³/mol. The summed E-state index contributed by atoms with van der Waals surface area (Å²) in [4.78, 5) is 0. The van der Waals surface area contributed by atoms with Crippen LogP contribution in [0.5, 0.6) is 0 Å². The minimum absolute atomic E-state index is 0.139. The van der Waals surface area contributed by atoms with E-state index >= 15 is 0 Å². The molecule has 0 bridgehead atoms. The van der Waals surface area contributed by atoms with Gasteiger partial charge in [0.2, 0.25) is 0 Å². The lowest BCUT2D eigenvalue weighted by Crippen LogP contribution is -2.52. The highest BCUT2D eigenvalue weighted by atomic mass is 16.5. The Hall–Kier alpha value is -0.120. The van der Waals surface area contributed by atoms with Crippen LogP contribution in [0.2, 0.25) is 0 Å². The van der Waals surface area contributed by atoms with E-state index in [2.05, 4.69) is 27.7 Å². The molecule has 0 saturated heterocycles. The van der Waals surface area contributed by atoms with Crippen LogP contribution in [-0.4, -0.2) is 34.1 Å².